The molecular weight excluding hydrogens is 394 g/mol. The Labute approximate surface area is 176 Å². The highest BCUT2D eigenvalue weighted by Gasteiger charge is 2.33. The Bertz CT molecular complexity index is 649. The fourth-order valence-electron chi connectivity index (χ4n) is 2.53. The quantitative estimate of drug-likeness (QED) is 0.222. The highest BCUT2D eigenvalue weighted by molar-refractivity contribution is 5.96. The van der Waals surface area contributed by atoms with Crippen molar-refractivity contribution in [2.24, 2.45) is 29.2 Å². The van der Waals surface area contributed by atoms with E-state index in [1.165, 1.54) is 0 Å². The number of carboxylic acids is 1. The fraction of sp³-hybridized carbons (Fsp3) is 0.737. The summed E-state index contributed by atoms with van der Waals surface area (Å²) in [5.74, 6) is -5.15. The number of nitrogens with one attached hydrogen (secondary N) is 3. The second-order valence-corrected chi connectivity index (χ2v) is 8.30. The highest BCUT2D eigenvalue weighted by Crippen LogP contribution is 2.08. The van der Waals surface area contributed by atoms with Gasteiger partial charge in [0, 0.05) is 0 Å². The van der Waals surface area contributed by atoms with Gasteiger partial charge < -0.3 is 32.5 Å². The van der Waals surface area contributed by atoms with Gasteiger partial charge in [-0.2, -0.15) is 0 Å². The van der Waals surface area contributed by atoms with Crippen LogP contribution in [0.2, 0.25) is 0 Å². The maximum Gasteiger partial charge on any atom is 0.326 e. The van der Waals surface area contributed by atoms with Crippen LogP contribution in [0.3, 0.4) is 0 Å². The second kappa shape index (κ2) is 12.1. The van der Waals surface area contributed by atoms with Crippen LogP contribution in [0.1, 0.15) is 48.0 Å². The molecule has 0 aromatic rings. The number of hydrogen-bond donors (Lipinski definition) is 6. The molecule has 0 heterocycles. The van der Waals surface area contributed by atoms with E-state index in [2.05, 4.69) is 16.0 Å². The van der Waals surface area contributed by atoms with Crippen molar-refractivity contribution in [1.29, 1.82) is 0 Å². The van der Waals surface area contributed by atoms with E-state index in [1.54, 1.807) is 41.5 Å². The largest absolute Gasteiger partial charge is 0.480 e. The van der Waals surface area contributed by atoms with Crippen LogP contribution in [0.4, 0.5) is 0 Å². The number of nitrogens with two attached hydrogens (primary N) is 2. The number of hydrogen-bond acceptors (Lipinski definition) is 6. The molecule has 172 valence electrons. The summed E-state index contributed by atoms with van der Waals surface area (Å²) in [4.78, 5) is 60.3. The summed E-state index contributed by atoms with van der Waals surface area (Å²) in [6.07, 6.45) is -0.488. The monoisotopic (exact) mass is 429 g/mol. The van der Waals surface area contributed by atoms with Crippen molar-refractivity contribution < 1.29 is 29.1 Å². The number of carboxylic acid groups (broad SMARTS) is 1. The van der Waals surface area contributed by atoms with Gasteiger partial charge in [-0.15, -0.1) is 0 Å². The van der Waals surface area contributed by atoms with Gasteiger partial charge in [0.2, 0.25) is 23.6 Å². The average molecular weight is 430 g/mol. The molecule has 0 rings (SSSR count). The first-order valence-corrected chi connectivity index (χ1v) is 9.86. The van der Waals surface area contributed by atoms with Gasteiger partial charge in [-0.05, 0) is 17.8 Å². The van der Waals surface area contributed by atoms with Gasteiger partial charge in [0.25, 0.3) is 0 Å². The molecule has 0 bridgehead atoms. The molecule has 0 aromatic heterocycles. The van der Waals surface area contributed by atoms with Crippen LogP contribution in [0, 0.1) is 17.8 Å². The van der Waals surface area contributed by atoms with Gasteiger partial charge >= 0.3 is 5.97 Å². The van der Waals surface area contributed by atoms with Crippen molar-refractivity contribution in [3.05, 3.63) is 0 Å². The molecule has 4 amide bonds. The zero-order chi connectivity index (χ0) is 23.8. The summed E-state index contributed by atoms with van der Waals surface area (Å²) in [6, 6.07) is -4.46. The average Bonchev–Trinajstić information content (AvgIpc) is 2.60. The lowest BCUT2D eigenvalue weighted by molar-refractivity contribution is -0.144. The Balaban J connectivity index is 5.46. The SMILES string of the molecule is CC(C)C(N)C(=O)NC(CC(N)=O)C(=O)NC(C(=O)NC(C(=O)O)C(C)C)C(C)C. The lowest BCUT2D eigenvalue weighted by atomic mass is 9.99. The molecule has 0 fully saturated rings. The Morgan fingerprint density at radius 3 is 1.57 bits per heavy atom. The van der Waals surface area contributed by atoms with Crippen LogP contribution in [0.25, 0.3) is 0 Å². The Morgan fingerprint density at radius 1 is 0.733 bits per heavy atom. The van der Waals surface area contributed by atoms with E-state index < -0.39 is 66.1 Å². The minimum Gasteiger partial charge on any atom is -0.480 e. The molecule has 8 N–H and O–H groups in total. The summed E-state index contributed by atoms with van der Waals surface area (Å²) < 4.78 is 0. The van der Waals surface area contributed by atoms with Crippen LogP contribution in [-0.4, -0.2) is 58.9 Å². The zero-order valence-corrected chi connectivity index (χ0v) is 18.4. The van der Waals surface area contributed by atoms with Crippen LogP contribution in [-0.2, 0) is 24.0 Å². The van der Waals surface area contributed by atoms with Gasteiger partial charge in [0.1, 0.15) is 18.1 Å². The van der Waals surface area contributed by atoms with Gasteiger partial charge in [-0.1, -0.05) is 41.5 Å². The number of carbonyl (C=O) groups excluding carboxylic acids is 4. The molecule has 0 aliphatic rings. The molecule has 11 nitrogen and oxygen atoms in total. The normalized spacial score (nSPS) is 15.3. The van der Waals surface area contributed by atoms with E-state index in [1.807, 2.05) is 0 Å². The lowest BCUT2D eigenvalue weighted by Gasteiger charge is -2.27. The maximum atomic E-state index is 12.7. The first-order valence-electron chi connectivity index (χ1n) is 9.86. The van der Waals surface area contributed by atoms with Crippen molar-refractivity contribution in [1.82, 2.24) is 16.0 Å². The molecule has 0 saturated heterocycles. The van der Waals surface area contributed by atoms with Crippen molar-refractivity contribution in [3.8, 4) is 0 Å². The molecule has 0 spiro atoms. The van der Waals surface area contributed by atoms with E-state index in [0.717, 1.165) is 0 Å². The van der Waals surface area contributed by atoms with Crippen LogP contribution >= 0.6 is 0 Å². The first kappa shape index (κ1) is 27.3. The maximum absolute atomic E-state index is 12.7. The van der Waals surface area contributed by atoms with E-state index in [-0.39, 0.29) is 11.8 Å². The Kier molecular flexibility index (Phi) is 11.0. The van der Waals surface area contributed by atoms with Gasteiger partial charge in [0.05, 0.1) is 12.5 Å². The van der Waals surface area contributed by atoms with Gasteiger partial charge in [0.15, 0.2) is 0 Å². The third-order valence-electron chi connectivity index (χ3n) is 4.54. The minimum atomic E-state index is -1.32. The minimum absolute atomic E-state index is 0.208. The van der Waals surface area contributed by atoms with Crippen molar-refractivity contribution in [2.75, 3.05) is 0 Å². The van der Waals surface area contributed by atoms with Crippen molar-refractivity contribution in [3.63, 3.8) is 0 Å². The van der Waals surface area contributed by atoms with Gasteiger partial charge in [-0.25, -0.2) is 4.79 Å². The Morgan fingerprint density at radius 2 is 1.20 bits per heavy atom. The van der Waals surface area contributed by atoms with E-state index in [9.17, 15) is 29.1 Å². The molecule has 0 aromatic carbocycles. The predicted molar refractivity (Wildman–Crippen MR) is 110 cm³/mol. The van der Waals surface area contributed by atoms with E-state index in [0.29, 0.717) is 0 Å². The smallest absolute Gasteiger partial charge is 0.326 e. The number of aliphatic carboxylic acids is 1. The first-order chi connectivity index (χ1) is 13.7. The van der Waals surface area contributed by atoms with E-state index in [4.69, 9.17) is 11.5 Å². The van der Waals surface area contributed by atoms with Crippen LogP contribution < -0.4 is 27.4 Å². The summed E-state index contributed by atoms with van der Waals surface area (Å²) in [6.45, 7) is 10.0. The molecule has 0 aliphatic heterocycles. The third-order valence-corrected chi connectivity index (χ3v) is 4.54. The summed E-state index contributed by atoms with van der Waals surface area (Å²) in [5, 5.41) is 16.5. The van der Waals surface area contributed by atoms with Crippen LogP contribution in [0.5, 0.6) is 0 Å². The molecule has 0 saturated carbocycles. The number of amides is 4. The second-order valence-electron chi connectivity index (χ2n) is 8.30. The number of rotatable bonds is 12. The molecule has 11 heteroatoms. The van der Waals surface area contributed by atoms with E-state index >= 15 is 0 Å². The molecular formula is C19H35N5O6. The molecule has 4 unspecified atom stereocenters. The highest BCUT2D eigenvalue weighted by atomic mass is 16.4. The topological polar surface area (TPSA) is 194 Å². The standard InChI is InChI=1S/C19H35N5O6/c1-8(2)13(21)17(27)22-11(7-12(20)25)16(26)23-14(9(3)4)18(28)24-15(10(5)6)19(29)30/h8-11,13-15H,7,21H2,1-6H3,(H2,20,25)(H,22,27)(H,23,26)(H,24,28)(H,29,30). The summed E-state index contributed by atoms with van der Waals surface area (Å²) in [5.41, 5.74) is 10.9. The molecule has 4 atom stereocenters. The fourth-order valence-corrected chi connectivity index (χ4v) is 2.53. The molecule has 30 heavy (non-hydrogen) atoms. The van der Waals surface area contributed by atoms with Crippen LogP contribution in [0.15, 0.2) is 0 Å². The van der Waals surface area contributed by atoms with Gasteiger partial charge in [-0.3, -0.25) is 19.2 Å². The van der Waals surface area contributed by atoms with Crippen molar-refractivity contribution >= 4 is 29.6 Å². The summed E-state index contributed by atoms with van der Waals surface area (Å²) >= 11 is 0. The predicted octanol–water partition coefficient (Wildman–Crippen LogP) is -1.30. The zero-order valence-electron chi connectivity index (χ0n) is 18.4. The lowest BCUT2D eigenvalue weighted by Crippen LogP contribution is -2.59. The van der Waals surface area contributed by atoms with Crippen molar-refractivity contribution in [2.45, 2.75) is 72.1 Å². The molecule has 0 aliphatic carbocycles. The number of primary amides is 1. The third kappa shape index (κ3) is 8.76. The Hall–Kier alpha value is -2.69. The number of carbonyl (C=O) groups is 5. The summed E-state index contributed by atoms with van der Waals surface area (Å²) in [7, 11) is 0. The molecule has 0 radical (unpaired) electrons.